The van der Waals surface area contributed by atoms with Crippen LogP contribution in [0.4, 0.5) is 13.2 Å². The number of rotatable bonds is 7. The fourth-order valence-corrected chi connectivity index (χ4v) is 4.59. The van der Waals surface area contributed by atoms with Crippen molar-refractivity contribution in [2.24, 2.45) is 0 Å². The van der Waals surface area contributed by atoms with Crippen molar-refractivity contribution in [1.29, 1.82) is 0 Å². The molecule has 0 N–H and O–H groups in total. The van der Waals surface area contributed by atoms with Crippen molar-refractivity contribution in [2.45, 2.75) is 45.1 Å². The molecule has 1 aromatic carbocycles. The Morgan fingerprint density at radius 3 is 2.58 bits per heavy atom. The van der Waals surface area contributed by atoms with E-state index in [0.29, 0.717) is 60.4 Å². The fraction of sp³-hybridized carbons (Fsp3) is 0.320. The zero-order valence-electron chi connectivity index (χ0n) is 20.7. The van der Waals surface area contributed by atoms with E-state index in [4.69, 9.17) is 14.5 Å². The summed E-state index contributed by atoms with van der Waals surface area (Å²) in [6.45, 7) is 4.18. The lowest BCUT2D eigenvalue weighted by Crippen LogP contribution is -2.43. The lowest BCUT2D eigenvalue weighted by Gasteiger charge is -2.32. The quantitative estimate of drug-likeness (QED) is 0.199. The summed E-state index contributed by atoms with van der Waals surface area (Å²) in [5.74, 6) is -4.78. The number of nitrogens with zero attached hydrogens (tertiary/aromatic N) is 6. The smallest absolute Gasteiger partial charge is 0.369 e. The van der Waals surface area contributed by atoms with Crippen LogP contribution >= 0.6 is 0 Å². The van der Waals surface area contributed by atoms with Gasteiger partial charge in [0.1, 0.15) is 16.8 Å². The van der Waals surface area contributed by atoms with E-state index in [9.17, 15) is 18.0 Å². The van der Waals surface area contributed by atoms with E-state index in [-0.39, 0.29) is 6.42 Å². The topological polar surface area (TPSA) is 106 Å². The molecule has 0 bridgehead atoms. The largest absolute Gasteiger partial charge is 0.479 e. The van der Waals surface area contributed by atoms with Crippen LogP contribution in [0.15, 0.2) is 36.8 Å². The first-order valence-corrected chi connectivity index (χ1v) is 11.8. The van der Waals surface area contributed by atoms with Gasteiger partial charge in [0.05, 0.1) is 19.1 Å². The second-order valence-corrected chi connectivity index (χ2v) is 8.84. The summed E-state index contributed by atoms with van der Waals surface area (Å²) in [5, 5.41) is 8.62. The molecule has 198 valence electrons. The average Bonchev–Trinajstić information content (AvgIpc) is 3.56. The first-order valence-electron chi connectivity index (χ1n) is 11.8. The van der Waals surface area contributed by atoms with Gasteiger partial charge < -0.3 is 13.9 Å². The van der Waals surface area contributed by atoms with Crippen molar-refractivity contribution in [3.05, 3.63) is 65.8 Å². The third-order valence-electron chi connectivity index (χ3n) is 6.58. The highest BCUT2D eigenvalue weighted by Crippen LogP contribution is 2.39. The summed E-state index contributed by atoms with van der Waals surface area (Å²) in [6, 6.07) is 4.76. The molecule has 5 rings (SSSR count). The van der Waals surface area contributed by atoms with Gasteiger partial charge in [0.15, 0.2) is 34.8 Å². The van der Waals surface area contributed by atoms with Crippen LogP contribution in [0.25, 0.3) is 17.2 Å². The minimum absolute atomic E-state index is 0.287. The fourth-order valence-electron chi connectivity index (χ4n) is 4.59. The SMILES string of the molecule is CCC1(C(=O)OOc2cc(F)c(F)c(F)c2)CCCn2c(-c3ccc(-n4cnc(C)c4)c(OC)n3)nnc21. The van der Waals surface area contributed by atoms with Crippen LogP contribution in [-0.2, 0) is 21.6 Å². The molecule has 3 aromatic heterocycles. The summed E-state index contributed by atoms with van der Waals surface area (Å²) in [5.41, 5.74) is 0.769. The predicted octanol–water partition coefficient (Wildman–Crippen LogP) is 4.24. The third kappa shape index (κ3) is 4.23. The molecule has 38 heavy (non-hydrogen) atoms. The van der Waals surface area contributed by atoms with Crippen molar-refractivity contribution in [3.63, 3.8) is 0 Å². The Balaban J connectivity index is 1.45. The van der Waals surface area contributed by atoms with Gasteiger partial charge in [0, 0.05) is 24.9 Å². The second-order valence-electron chi connectivity index (χ2n) is 8.84. The number of halogens is 3. The molecule has 0 spiro atoms. The lowest BCUT2D eigenvalue weighted by atomic mass is 9.77. The number of benzene rings is 1. The van der Waals surface area contributed by atoms with Crippen LogP contribution in [0.2, 0.25) is 0 Å². The van der Waals surface area contributed by atoms with Gasteiger partial charge in [-0.15, -0.1) is 10.2 Å². The van der Waals surface area contributed by atoms with Crippen LogP contribution in [0, 0.1) is 24.4 Å². The van der Waals surface area contributed by atoms with Gasteiger partial charge >= 0.3 is 5.97 Å². The van der Waals surface area contributed by atoms with E-state index < -0.39 is 34.6 Å². The highest BCUT2D eigenvalue weighted by Gasteiger charge is 2.48. The Labute approximate surface area is 214 Å². The summed E-state index contributed by atoms with van der Waals surface area (Å²) in [7, 11) is 1.51. The summed E-state index contributed by atoms with van der Waals surface area (Å²) in [6.07, 6.45) is 4.76. The van der Waals surface area contributed by atoms with Crippen molar-refractivity contribution < 1.29 is 32.5 Å². The monoisotopic (exact) mass is 528 g/mol. The molecule has 0 fully saturated rings. The molecular formula is C25H23F3N6O4. The number of hydrogen-bond donors (Lipinski definition) is 0. The number of ether oxygens (including phenoxy) is 1. The average molecular weight is 528 g/mol. The van der Waals surface area contributed by atoms with Gasteiger partial charge in [-0.2, -0.15) is 0 Å². The molecule has 0 saturated heterocycles. The number of carbonyl (C=O) groups is 1. The first-order chi connectivity index (χ1) is 18.3. The Morgan fingerprint density at radius 2 is 1.92 bits per heavy atom. The number of imidazole rings is 1. The number of hydrogen-bond acceptors (Lipinski definition) is 8. The summed E-state index contributed by atoms with van der Waals surface area (Å²) in [4.78, 5) is 31.9. The standard InChI is InChI=1S/C25H23F3N6O4/c1-4-25(24(35)38-37-15-10-16(26)20(28)17(27)11-15)8-5-9-34-21(31-32-23(25)34)18-6-7-19(22(30-18)36-3)33-12-14(2)29-13-33/h6-7,10-13H,4-5,8-9H2,1-3H3. The molecule has 1 aliphatic rings. The minimum Gasteiger partial charge on any atom is -0.479 e. The molecular weight excluding hydrogens is 505 g/mol. The van der Waals surface area contributed by atoms with Gasteiger partial charge in [-0.05, 0) is 38.3 Å². The molecule has 0 amide bonds. The zero-order valence-corrected chi connectivity index (χ0v) is 20.7. The van der Waals surface area contributed by atoms with E-state index in [0.717, 1.165) is 5.69 Å². The number of aryl methyl sites for hydroxylation is 1. The van der Waals surface area contributed by atoms with Gasteiger partial charge in [-0.1, -0.05) is 6.92 Å². The molecule has 1 atom stereocenters. The molecule has 0 saturated carbocycles. The van der Waals surface area contributed by atoms with Gasteiger partial charge in [0.2, 0.25) is 5.88 Å². The van der Waals surface area contributed by atoms with Crippen LogP contribution in [0.5, 0.6) is 11.6 Å². The van der Waals surface area contributed by atoms with E-state index in [2.05, 4.69) is 20.2 Å². The maximum Gasteiger partial charge on any atom is 0.369 e. The maximum atomic E-state index is 13.5. The Morgan fingerprint density at radius 1 is 1.16 bits per heavy atom. The number of carbonyl (C=O) groups excluding carboxylic acids is 1. The number of aromatic nitrogens is 6. The van der Waals surface area contributed by atoms with Gasteiger partial charge in [-0.3, -0.25) is 4.89 Å². The number of pyridine rings is 1. The molecule has 13 heteroatoms. The highest BCUT2D eigenvalue weighted by atomic mass is 19.2. The zero-order chi connectivity index (χ0) is 27.0. The third-order valence-corrected chi connectivity index (χ3v) is 6.58. The normalized spacial score (nSPS) is 16.7. The van der Waals surface area contributed by atoms with E-state index in [1.165, 1.54) is 7.11 Å². The Bertz CT molecular complexity index is 1500. The molecule has 0 radical (unpaired) electrons. The number of fused-ring (bicyclic) bond motifs is 1. The summed E-state index contributed by atoms with van der Waals surface area (Å²) >= 11 is 0. The van der Waals surface area contributed by atoms with Gasteiger partial charge in [0.25, 0.3) is 0 Å². The summed E-state index contributed by atoms with van der Waals surface area (Å²) < 4.78 is 49.4. The van der Waals surface area contributed by atoms with Crippen molar-refractivity contribution in [1.82, 2.24) is 29.3 Å². The molecule has 4 heterocycles. The van der Waals surface area contributed by atoms with Crippen molar-refractivity contribution >= 4 is 5.97 Å². The first kappa shape index (κ1) is 25.2. The van der Waals surface area contributed by atoms with Crippen LogP contribution < -0.4 is 9.62 Å². The molecule has 10 nitrogen and oxygen atoms in total. The van der Waals surface area contributed by atoms with Crippen molar-refractivity contribution in [3.8, 4) is 28.8 Å². The van der Waals surface area contributed by atoms with Crippen LogP contribution in [-0.4, -0.2) is 42.4 Å². The van der Waals surface area contributed by atoms with Crippen LogP contribution in [0.1, 0.15) is 37.7 Å². The van der Waals surface area contributed by atoms with E-state index in [1.54, 1.807) is 28.5 Å². The van der Waals surface area contributed by atoms with Crippen molar-refractivity contribution in [2.75, 3.05) is 7.11 Å². The molecule has 4 aromatic rings. The molecule has 0 aliphatic carbocycles. The lowest BCUT2D eigenvalue weighted by molar-refractivity contribution is -0.222. The molecule has 1 aliphatic heterocycles. The Hall–Kier alpha value is -4.42. The Kier molecular flexibility index (Phi) is 6.51. The van der Waals surface area contributed by atoms with Gasteiger partial charge in [-0.25, -0.2) is 32.8 Å². The highest BCUT2D eigenvalue weighted by molar-refractivity contribution is 5.82. The van der Waals surface area contributed by atoms with E-state index in [1.807, 2.05) is 19.2 Å². The molecule has 1 unspecified atom stereocenters. The van der Waals surface area contributed by atoms with E-state index >= 15 is 0 Å². The van der Waals surface area contributed by atoms with Crippen LogP contribution in [0.3, 0.4) is 0 Å². The minimum atomic E-state index is -1.65. The maximum absolute atomic E-state index is 13.5. The predicted molar refractivity (Wildman–Crippen MR) is 126 cm³/mol. The second kappa shape index (κ2) is 9.80. The number of methoxy groups -OCH3 is 1.